The maximum absolute atomic E-state index is 12.4. The van der Waals surface area contributed by atoms with Crippen molar-refractivity contribution in [2.75, 3.05) is 27.0 Å². The van der Waals surface area contributed by atoms with Crippen LogP contribution in [0, 0.1) is 0 Å². The van der Waals surface area contributed by atoms with E-state index in [9.17, 15) is 9.59 Å². The molecule has 0 fully saturated rings. The highest BCUT2D eigenvalue weighted by molar-refractivity contribution is 5.94. The van der Waals surface area contributed by atoms with E-state index in [4.69, 9.17) is 14.2 Å². The van der Waals surface area contributed by atoms with Crippen LogP contribution in [0.4, 0.5) is 4.79 Å². The van der Waals surface area contributed by atoms with Crippen LogP contribution in [0.1, 0.15) is 25.8 Å². The summed E-state index contributed by atoms with van der Waals surface area (Å²) in [5.41, 5.74) is 2.11. The lowest BCUT2D eigenvalue weighted by Crippen LogP contribution is -2.51. The summed E-state index contributed by atoms with van der Waals surface area (Å²) in [6, 6.07) is 5.14. The Labute approximate surface area is 158 Å². The van der Waals surface area contributed by atoms with E-state index >= 15 is 0 Å². The Morgan fingerprint density at radius 3 is 2.78 bits per heavy atom. The fourth-order valence-corrected chi connectivity index (χ4v) is 3.26. The third-order valence-corrected chi connectivity index (χ3v) is 4.46. The number of fused-ring (bicyclic) bond motifs is 1. The summed E-state index contributed by atoms with van der Waals surface area (Å²) in [6.45, 7) is 5.24. The smallest absolute Gasteiger partial charge is 0.337 e. The van der Waals surface area contributed by atoms with Gasteiger partial charge >= 0.3 is 12.0 Å². The van der Waals surface area contributed by atoms with E-state index in [1.54, 1.807) is 6.92 Å². The van der Waals surface area contributed by atoms with Crippen molar-refractivity contribution in [3.05, 3.63) is 35.0 Å². The van der Waals surface area contributed by atoms with E-state index in [-0.39, 0.29) is 25.5 Å². The fraction of sp³-hybridized carbons (Fsp3) is 0.474. The number of benzene rings is 1. The number of esters is 1. The Morgan fingerprint density at radius 1 is 1.26 bits per heavy atom. The average molecular weight is 375 g/mol. The lowest BCUT2D eigenvalue weighted by molar-refractivity contribution is -0.139. The van der Waals surface area contributed by atoms with Crippen molar-refractivity contribution in [2.45, 2.75) is 32.9 Å². The number of likely N-dealkylation sites (N-methyl/N-ethyl adjacent to an activating group) is 1. The molecule has 1 aromatic carbocycles. The lowest BCUT2D eigenvalue weighted by Gasteiger charge is -2.30. The molecule has 2 aliphatic rings. The molecular weight excluding hydrogens is 350 g/mol. The summed E-state index contributed by atoms with van der Waals surface area (Å²) in [5.74, 6) is 1.07. The molecule has 1 atom stereocenters. The van der Waals surface area contributed by atoms with E-state index in [1.807, 2.05) is 37.1 Å². The van der Waals surface area contributed by atoms with Crippen LogP contribution in [0.15, 0.2) is 29.5 Å². The van der Waals surface area contributed by atoms with Gasteiger partial charge in [-0.2, -0.15) is 0 Å². The van der Waals surface area contributed by atoms with E-state index in [0.717, 1.165) is 17.1 Å². The zero-order chi connectivity index (χ0) is 19.4. The first kappa shape index (κ1) is 19.0. The SMILES string of the molecule is CCOC(=O)C1=C(CN(C)Cc2ccc3c(c2)OCO3)NC(=O)NC1CC. The van der Waals surface area contributed by atoms with Crippen LogP contribution in [0.3, 0.4) is 0 Å². The Hall–Kier alpha value is -2.74. The number of hydrogen-bond acceptors (Lipinski definition) is 6. The molecule has 0 aliphatic carbocycles. The van der Waals surface area contributed by atoms with E-state index in [0.29, 0.717) is 30.8 Å². The molecule has 2 amide bonds. The predicted molar refractivity (Wildman–Crippen MR) is 98.3 cm³/mol. The van der Waals surface area contributed by atoms with Crippen molar-refractivity contribution in [3.8, 4) is 11.5 Å². The highest BCUT2D eigenvalue weighted by atomic mass is 16.7. The van der Waals surface area contributed by atoms with Gasteiger partial charge in [0, 0.05) is 18.8 Å². The van der Waals surface area contributed by atoms with Crippen molar-refractivity contribution < 1.29 is 23.8 Å². The van der Waals surface area contributed by atoms with Gasteiger partial charge in [0.15, 0.2) is 11.5 Å². The fourth-order valence-electron chi connectivity index (χ4n) is 3.26. The summed E-state index contributed by atoms with van der Waals surface area (Å²) < 4.78 is 15.9. The molecule has 8 heteroatoms. The average Bonchev–Trinajstić information content (AvgIpc) is 3.08. The molecule has 3 rings (SSSR count). The van der Waals surface area contributed by atoms with Crippen molar-refractivity contribution in [2.24, 2.45) is 0 Å². The van der Waals surface area contributed by atoms with Gasteiger partial charge in [0.05, 0.1) is 18.2 Å². The molecule has 2 aliphatic heterocycles. The van der Waals surface area contributed by atoms with E-state index < -0.39 is 5.97 Å². The van der Waals surface area contributed by atoms with Gasteiger partial charge < -0.3 is 24.8 Å². The maximum Gasteiger partial charge on any atom is 0.337 e. The zero-order valence-corrected chi connectivity index (χ0v) is 15.8. The quantitative estimate of drug-likeness (QED) is 0.706. The second-order valence-electron chi connectivity index (χ2n) is 6.53. The molecule has 8 nitrogen and oxygen atoms in total. The van der Waals surface area contributed by atoms with Gasteiger partial charge in [-0.3, -0.25) is 4.90 Å². The number of urea groups is 1. The van der Waals surface area contributed by atoms with Crippen LogP contribution in [0.2, 0.25) is 0 Å². The van der Waals surface area contributed by atoms with E-state index in [1.165, 1.54) is 0 Å². The highest BCUT2D eigenvalue weighted by Crippen LogP contribution is 2.32. The second kappa shape index (κ2) is 8.30. The Bertz CT molecular complexity index is 762. The second-order valence-corrected chi connectivity index (χ2v) is 6.53. The van der Waals surface area contributed by atoms with Crippen LogP contribution in [0.25, 0.3) is 0 Å². The van der Waals surface area contributed by atoms with Crippen molar-refractivity contribution in [3.63, 3.8) is 0 Å². The predicted octanol–water partition coefficient (Wildman–Crippen LogP) is 1.76. The Balaban J connectivity index is 1.77. The largest absolute Gasteiger partial charge is 0.463 e. The van der Waals surface area contributed by atoms with Crippen LogP contribution in [-0.4, -0.2) is 49.9 Å². The number of ether oxygens (including phenoxy) is 3. The standard InChI is InChI=1S/C19H25N3O5/c1-4-13-17(18(23)25-5-2)14(21-19(24)20-13)10-22(3)9-12-6-7-15-16(8-12)27-11-26-15/h6-8,13H,4-5,9-11H2,1-3H3,(H2,20,21,24). The minimum atomic E-state index is -0.400. The molecule has 0 radical (unpaired) electrons. The van der Waals surface area contributed by atoms with Crippen LogP contribution in [0.5, 0.6) is 11.5 Å². The van der Waals surface area contributed by atoms with Gasteiger partial charge in [-0.25, -0.2) is 9.59 Å². The summed E-state index contributed by atoms with van der Waals surface area (Å²) in [5, 5.41) is 5.55. The van der Waals surface area contributed by atoms with Gasteiger partial charge in [0.25, 0.3) is 0 Å². The summed E-state index contributed by atoms with van der Waals surface area (Å²) in [6.07, 6.45) is 0.608. The van der Waals surface area contributed by atoms with Crippen molar-refractivity contribution in [1.29, 1.82) is 0 Å². The first-order valence-corrected chi connectivity index (χ1v) is 9.06. The topological polar surface area (TPSA) is 89.1 Å². The molecule has 2 heterocycles. The minimum absolute atomic E-state index is 0.238. The molecule has 1 aromatic rings. The number of nitrogens with zero attached hydrogens (tertiary/aromatic N) is 1. The van der Waals surface area contributed by atoms with Gasteiger partial charge in [-0.15, -0.1) is 0 Å². The first-order chi connectivity index (χ1) is 13.0. The molecule has 2 N–H and O–H groups in total. The highest BCUT2D eigenvalue weighted by Gasteiger charge is 2.31. The molecule has 146 valence electrons. The molecule has 0 saturated heterocycles. The zero-order valence-electron chi connectivity index (χ0n) is 15.8. The number of nitrogens with one attached hydrogen (secondary N) is 2. The van der Waals surface area contributed by atoms with Crippen LogP contribution < -0.4 is 20.1 Å². The number of hydrogen-bond donors (Lipinski definition) is 2. The number of rotatable bonds is 7. The maximum atomic E-state index is 12.4. The first-order valence-electron chi connectivity index (χ1n) is 9.06. The lowest BCUT2D eigenvalue weighted by atomic mass is 10.00. The molecule has 0 saturated carbocycles. The van der Waals surface area contributed by atoms with Gasteiger partial charge in [0.1, 0.15) is 0 Å². The normalized spacial score (nSPS) is 18.4. The Morgan fingerprint density at radius 2 is 2.04 bits per heavy atom. The molecule has 1 unspecified atom stereocenters. The minimum Gasteiger partial charge on any atom is -0.463 e. The molecule has 0 spiro atoms. The Kier molecular flexibility index (Phi) is 5.85. The summed E-state index contributed by atoms with van der Waals surface area (Å²) in [7, 11) is 1.93. The van der Waals surface area contributed by atoms with Gasteiger partial charge in [-0.05, 0) is 38.1 Å². The van der Waals surface area contributed by atoms with Gasteiger partial charge in [0.2, 0.25) is 6.79 Å². The third-order valence-electron chi connectivity index (χ3n) is 4.46. The molecule has 0 bridgehead atoms. The molecular formula is C19H25N3O5. The number of carbonyl (C=O) groups excluding carboxylic acids is 2. The third kappa shape index (κ3) is 4.33. The van der Waals surface area contributed by atoms with Crippen molar-refractivity contribution in [1.82, 2.24) is 15.5 Å². The van der Waals surface area contributed by atoms with Crippen molar-refractivity contribution >= 4 is 12.0 Å². The summed E-state index contributed by atoms with van der Waals surface area (Å²) >= 11 is 0. The van der Waals surface area contributed by atoms with Crippen LogP contribution in [-0.2, 0) is 16.1 Å². The molecule has 27 heavy (non-hydrogen) atoms. The molecule has 0 aromatic heterocycles. The van der Waals surface area contributed by atoms with Crippen LogP contribution >= 0.6 is 0 Å². The number of carbonyl (C=O) groups is 2. The van der Waals surface area contributed by atoms with E-state index in [2.05, 4.69) is 10.6 Å². The monoisotopic (exact) mass is 375 g/mol. The van der Waals surface area contributed by atoms with Gasteiger partial charge in [-0.1, -0.05) is 13.0 Å². The summed E-state index contributed by atoms with van der Waals surface area (Å²) in [4.78, 5) is 26.4. The number of amides is 2.